The predicted molar refractivity (Wildman–Crippen MR) is 110 cm³/mol. The van der Waals surface area contributed by atoms with Crippen LogP contribution in [0.1, 0.15) is 50.6 Å². The molecule has 0 saturated carbocycles. The van der Waals surface area contributed by atoms with Crippen molar-refractivity contribution in [1.29, 1.82) is 0 Å². The molecule has 0 radical (unpaired) electrons. The zero-order valence-corrected chi connectivity index (χ0v) is 17.3. The molecule has 0 unspecified atom stereocenters. The highest BCUT2D eigenvalue weighted by Crippen LogP contribution is 2.33. The van der Waals surface area contributed by atoms with Gasteiger partial charge in [0.25, 0.3) is 5.56 Å². The third-order valence-electron chi connectivity index (χ3n) is 5.05. The molecule has 0 bridgehead atoms. The van der Waals surface area contributed by atoms with Gasteiger partial charge in [-0.25, -0.2) is 9.78 Å². The van der Waals surface area contributed by atoms with Gasteiger partial charge in [0.05, 0.1) is 5.39 Å². The first kappa shape index (κ1) is 19.3. The van der Waals surface area contributed by atoms with Gasteiger partial charge in [-0.1, -0.05) is 32.0 Å². The summed E-state index contributed by atoms with van der Waals surface area (Å²) in [5.41, 5.74) is 2.39. The Labute approximate surface area is 162 Å². The molecule has 142 valence electrons. The van der Waals surface area contributed by atoms with Crippen LogP contribution >= 0.6 is 11.3 Å². The molecule has 3 aromatic rings. The minimum absolute atomic E-state index is 0.0760. The van der Waals surface area contributed by atoms with Crippen molar-refractivity contribution in [3.63, 3.8) is 0 Å². The molecule has 1 aromatic carbocycles. The first-order valence-corrected chi connectivity index (χ1v) is 9.79. The van der Waals surface area contributed by atoms with Crippen molar-refractivity contribution in [2.24, 2.45) is 0 Å². The van der Waals surface area contributed by atoms with Crippen molar-refractivity contribution in [1.82, 2.24) is 9.55 Å². The third-order valence-corrected chi connectivity index (χ3v) is 5.92. The van der Waals surface area contributed by atoms with Crippen LogP contribution in [-0.4, -0.2) is 20.6 Å². The Morgan fingerprint density at radius 2 is 1.89 bits per heavy atom. The van der Waals surface area contributed by atoms with Crippen molar-refractivity contribution in [2.75, 3.05) is 0 Å². The van der Waals surface area contributed by atoms with Gasteiger partial charge in [-0.2, -0.15) is 0 Å². The number of aryl methyl sites for hydroxylation is 2. The largest absolute Gasteiger partial charge is 0.480 e. The highest BCUT2D eigenvalue weighted by atomic mass is 32.1. The summed E-state index contributed by atoms with van der Waals surface area (Å²) < 4.78 is 1.35. The number of aliphatic carboxylic acids is 1. The van der Waals surface area contributed by atoms with Gasteiger partial charge >= 0.3 is 5.97 Å². The van der Waals surface area contributed by atoms with E-state index in [0.717, 1.165) is 16.7 Å². The highest BCUT2D eigenvalue weighted by Gasteiger charge is 2.35. The molecule has 0 saturated heterocycles. The van der Waals surface area contributed by atoms with Crippen LogP contribution < -0.4 is 5.56 Å². The summed E-state index contributed by atoms with van der Waals surface area (Å²) in [6.07, 6.45) is 0. The lowest BCUT2D eigenvalue weighted by Gasteiger charge is -2.27. The molecule has 3 rings (SSSR count). The van der Waals surface area contributed by atoms with Gasteiger partial charge in [-0.15, -0.1) is 11.3 Å². The van der Waals surface area contributed by atoms with Crippen LogP contribution in [0.4, 0.5) is 0 Å². The molecular weight excluding hydrogens is 360 g/mol. The Kier molecular flexibility index (Phi) is 4.72. The Bertz CT molecular complexity index is 1110. The normalized spacial score (nSPS) is 12.1. The third kappa shape index (κ3) is 3.08. The van der Waals surface area contributed by atoms with Gasteiger partial charge in [0.1, 0.15) is 16.2 Å². The second kappa shape index (κ2) is 6.60. The van der Waals surface area contributed by atoms with Crippen molar-refractivity contribution < 1.29 is 9.90 Å². The quantitative estimate of drug-likeness (QED) is 0.708. The molecule has 0 fully saturated rings. The number of carbonyl (C=O) groups is 1. The van der Waals surface area contributed by atoms with Crippen molar-refractivity contribution in [3.8, 4) is 11.1 Å². The van der Waals surface area contributed by atoms with E-state index in [9.17, 15) is 14.7 Å². The first-order chi connectivity index (χ1) is 12.6. The van der Waals surface area contributed by atoms with Gasteiger partial charge in [0, 0.05) is 16.9 Å². The van der Waals surface area contributed by atoms with E-state index in [-0.39, 0.29) is 11.5 Å². The zero-order valence-electron chi connectivity index (χ0n) is 16.5. The molecule has 0 spiro atoms. The first-order valence-electron chi connectivity index (χ1n) is 8.91. The molecule has 2 heterocycles. The summed E-state index contributed by atoms with van der Waals surface area (Å²) >= 11 is 1.42. The van der Waals surface area contributed by atoms with Crippen molar-refractivity contribution >= 4 is 27.5 Å². The SMILES string of the molecule is Cc1ccc(-c2csc3nc(C(C)C)n(C(C)(C)C(=O)O)c(=O)c23)cc1C. The lowest BCUT2D eigenvalue weighted by molar-refractivity contribution is -0.146. The average molecular weight is 385 g/mol. The maximum Gasteiger partial charge on any atom is 0.329 e. The van der Waals surface area contributed by atoms with Crippen LogP contribution in [0.25, 0.3) is 21.3 Å². The van der Waals surface area contributed by atoms with Gasteiger partial charge in [-0.3, -0.25) is 9.36 Å². The Morgan fingerprint density at radius 3 is 2.44 bits per heavy atom. The van der Waals surface area contributed by atoms with Crippen molar-refractivity contribution in [2.45, 2.75) is 53.0 Å². The number of hydrogen-bond donors (Lipinski definition) is 1. The molecule has 0 atom stereocenters. The van der Waals surface area contributed by atoms with Crippen molar-refractivity contribution in [3.05, 3.63) is 50.9 Å². The molecule has 0 amide bonds. The van der Waals surface area contributed by atoms with E-state index in [1.165, 1.54) is 35.3 Å². The monoisotopic (exact) mass is 384 g/mol. The van der Waals surface area contributed by atoms with Crippen LogP contribution in [0, 0.1) is 13.8 Å². The number of hydrogen-bond acceptors (Lipinski definition) is 4. The van der Waals surface area contributed by atoms with E-state index in [2.05, 4.69) is 11.1 Å². The van der Waals surface area contributed by atoms with E-state index < -0.39 is 11.5 Å². The topological polar surface area (TPSA) is 72.2 Å². The summed E-state index contributed by atoms with van der Waals surface area (Å²) in [4.78, 5) is 30.7. The smallest absolute Gasteiger partial charge is 0.329 e. The lowest BCUT2D eigenvalue weighted by Crippen LogP contribution is -2.45. The van der Waals surface area contributed by atoms with Crippen LogP contribution in [0.2, 0.25) is 0 Å². The van der Waals surface area contributed by atoms with E-state index >= 15 is 0 Å². The van der Waals surface area contributed by atoms with E-state index in [4.69, 9.17) is 0 Å². The molecule has 27 heavy (non-hydrogen) atoms. The maximum atomic E-state index is 13.5. The number of carboxylic acids is 1. The molecule has 2 aromatic heterocycles. The minimum Gasteiger partial charge on any atom is -0.480 e. The second-order valence-electron chi connectivity index (χ2n) is 7.76. The van der Waals surface area contributed by atoms with Crippen LogP contribution in [0.15, 0.2) is 28.4 Å². The van der Waals surface area contributed by atoms with E-state index in [1.807, 2.05) is 45.2 Å². The number of carboxylic acid groups (broad SMARTS) is 1. The van der Waals surface area contributed by atoms with Crippen LogP contribution in [0.3, 0.4) is 0 Å². The molecule has 0 aliphatic rings. The molecule has 5 nitrogen and oxygen atoms in total. The summed E-state index contributed by atoms with van der Waals surface area (Å²) in [5.74, 6) is -0.642. The number of fused-ring (bicyclic) bond motifs is 1. The lowest BCUT2D eigenvalue weighted by atomic mass is 9.99. The van der Waals surface area contributed by atoms with Gasteiger partial charge in [0.2, 0.25) is 0 Å². The number of nitrogens with zero attached hydrogens (tertiary/aromatic N) is 2. The molecule has 0 aliphatic heterocycles. The predicted octanol–water partition coefficient (Wildman–Crippen LogP) is 4.68. The number of rotatable bonds is 4. The standard InChI is InChI=1S/C21H24N2O3S/c1-11(2)17-22-18-16(19(24)23(17)21(5,6)20(25)26)15(10-27-18)14-8-7-12(3)13(4)9-14/h7-11H,1-6H3,(H,25,26). The molecular formula is C21H24N2O3S. The average Bonchev–Trinajstić information content (AvgIpc) is 3.01. The Morgan fingerprint density at radius 1 is 1.22 bits per heavy atom. The number of benzene rings is 1. The fourth-order valence-electron chi connectivity index (χ4n) is 3.15. The second-order valence-corrected chi connectivity index (χ2v) is 8.62. The van der Waals surface area contributed by atoms with E-state index in [1.54, 1.807) is 0 Å². The van der Waals surface area contributed by atoms with Crippen LogP contribution in [0.5, 0.6) is 0 Å². The zero-order chi connectivity index (χ0) is 20.1. The Balaban J connectivity index is 2.41. The summed E-state index contributed by atoms with van der Waals surface area (Å²) in [6, 6.07) is 6.08. The summed E-state index contributed by atoms with van der Waals surface area (Å²) in [7, 11) is 0. The van der Waals surface area contributed by atoms with E-state index in [0.29, 0.717) is 16.0 Å². The van der Waals surface area contributed by atoms with Crippen LogP contribution in [-0.2, 0) is 10.3 Å². The summed E-state index contributed by atoms with van der Waals surface area (Å²) in [5, 5.41) is 12.1. The molecule has 1 N–H and O–H groups in total. The number of aromatic nitrogens is 2. The minimum atomic E-state index is -1.39. The highest BCUT2D eigenvalue weighted by molar-refractivity contribution is 7.17. The molecule has 0 aliphatic carbocycles. The maximum absolute atomic E-state index is 13.5. The van der Waals surface area contributed by atoms with Gasteiger partial charge < -0.3 is 5.11 Å². The fraction of sp³-hybridized carbons (Fsp3) is 0.381. The Hall–Kier alpha value is -2.47. The van der Waals surface area contributed by atoms with Gasteiger partial charge in [-0.05, 0) is 44.4 Å². The number of thiophene rings is 1. The fourth-order valence-corrected chi connectivity index (χ4v) is 4.10. The van der Waals surface area contributed by atoms with Gasteiger partial charge in [0.15, 0.2) is 0 Å². The molecule has 6 heteroatoms. The summed E-state index contributed by atoms with van der Waals surface area (Å²) in [6.45, 7) is 11.0.